The molecule has 1 rings (SSSR count). The molecule has 0 aliphatic heterocycles. The fourth-order valence-corrected chi connectivity index (χ4v) is 1.65. The Morgan fingerprint density at radius 3 is 2.53 bits per heavy atom. The van der Waals surface area contributed by atoms with E-state index in [1.165, 1.54) is 24.1 Å². The number of benzene rings is 1. The van der Waals surface area contributed by atoms with Crippen LogP contribution in [0.15, 0.2) is 18.2 Å². The van der Waals surface area contributed by atoms with Crippen LogP contribution >= 0.6 is 0 Å². The molecule has 0 saturated carbocycles. The topological polar surface area (TPSA) is 89.9 Å². The summed E-state index contributed by atoms with van der Waals surface area (Å²) in [6, 6.07) is 3.74. The number of phenols is 2. The fourth-order valence-electron chi connectivity index (χ4n) is 1.65. The van der Waals surface area contributed by atoms with Crippen LogP contribution in [0.3, 0.4) is 0 Å². The molecule has 0 fully saturated rings. The molecule has 0 bridgehead atoms. The van der Waals surface area contributed by atoms with Crippen molar-refractivity contribution in [2.24, 2.45) is 0 Å². The summed E-state index contributed by atoms with van der Waals surface area (Å²) < 4.78 is 0. The number of nitrogens with one attached hydrogen (secondary N) is 1. The summed E-state index contributed by atoms with van der Waals surface area (Å²) in [5.41, 5.74) is 0.0650. The zero-order valence-corrected chi connectivity index (χ0v) is 11.0. The van der Waals surface area contributed by atoms with E-state index in [2.05, 4.69) is 5.32 Å². The summed E-state index contributed by atoms with van der Waals surface area (Å²) in [6.07, 6.45) is 0.696. The number of phenolic OH excluding ortho intramolecular Hbond substituents is 2. The number of rotatable bonds is 5. The summed E-state index contributed by atoms with van der Waals surface area (Å²) in [5, 5.41) is 21.3. The van der Waals surface area contributed by atoms with Crippen LogP contribution in [0.2, 0.25) is 0 Å². The highest BCUT2D eigenvalue weighted by atomic mass is 16.3. The van der Waals surface area contributed by atoms with E-state index < -0.39 is 5.91 Å². The Morgan fingerprint density at radius 1 is 1.32 bits per heavy atom. The fraction of sp³-hybridized carbons (Fsp3) is 0.385. The van der Waals surface area contributed by atoms with Crippen molar-refractivity contribution in [3.05, 3.63) is 23.8 Å². The third-order valence-corrected chi connectivity index (χ3v) is 2.61. The number of aromatic hydroxyl groups is 2. The van der Waals surface area contributed by atoms with Crippen LogP contribution in [0.5, 0.6) is 11.5 Å². The van der Waals surface area contributed by atoms with E-state index in [1.807, 2.05) is 6.92 Å². The van der Waals surface area contributed by atoms with E-state index in [-0.39, 0.29) is 29.5 Å². The molecule has 0 aliphatic carbocycles. The van der Waals surface area contributed by atoms with Gasteiger partial charge in [0.2, 0.25) is 5.91 Å². The van der Waals surface area contributed by atoms with Gasteiger partial charge in [0, 0.05) is 19.7 Å². The van der Waals surface area contributed by atoms with Crippen molar-refractivity contribution in [3.8, 4) is 11.5 Å². The maximum Gasteiger partial charge on any atom is 0.258 e. The van der Waals surface area contributed by atoms with Gasteiger partial charge in [0.25, 0.3) is 5.91 Å². The van der Waals surface area contributed by atoms with E-state index in [4.69, 9.17) is 0 Å². The number of hydrogen-bond donors (Lipinski definition) is 3. The Kier molecular flexibility index (Phi) is 5.17. The lowest BCUT2D eigenvalue weighted by Crippen LogP contribution is -2.40. The maximum atomic E-state index is 12.2. The van der Waals surface area contributed by atoms with Crippen molar-refractivity contribution in [2.75, 3.05) is 20.1 Å². The first kappa shape index (κ1) is 14.8. The van der Waals surface area contributed by atoms with Gasteiger partial charge in [0.1, 0.15) is 11.5 Å². The molecule has 1 aromatic carbocycles. The third kappa shape index (κ3) is 3.87. The second-order valence-electron chi connectivity index (χ2n) is 4.10. The molecule has 2 amide bonds. The Balaban J connectivity index is 2.95. The standard InChI is InChI=1S/C13H18N2O4/c1-3-6-15(8-12(18)14-2)13(19)10-5-4-9(16)7-11(10)17/h4-5,7,16-17H,3,6,8H2,1-2H3,(H,14,18). The highest BCUT2D eigenvalue weighted by Crippen LogP contribution is 2.23. The minimum atomic E-state index is -0.442. The Morgan fingerprint density at radius 2 is 2.00 bits per heavy atom. The second kappa shape index (κ2) is 6.63. The monoisotopic (exact) mass is 266 g/mol. The van der Waals surface area contributed by atoms with Crippen LogP contribution in [0.4, 0.5) is 0 Å². The summed E-state index contributed by atoms with van der Waals surface area (Å²) in [7, 11) is 1.50. The predicted molar refractivity (Wildman–Crippen MR) is 70.0 cm³/mol. The van der Waals surface area contributed by atoms with Crippen molar-refractivity contribution in [1.29, 1.82) is 0 Å². The van der Waals surface area contributed by atoms with Crippen LogP contribution in [0, 0.1) is 0 Å². The lowest BCUT2D eigenvalue weighted by atomic mass is 10.1. The van der Waals surface area contributed by atoms with Gasteiger partial charge >= 0.3 is 0 Å². The van der Waals surface area contributed by atoms with Gasteiger partial charge in [0.05, 0.1) is 12.1 Å². The van der Waals surface area contributed by atoms with Gasteiger partial charge in [-0.2, -0.15) is 0 Å². The van der Waals surface area contributed by atoms with Gasteiger partial charge in [-0.3, -0.25) is 9.59 Å². The lowest BCUT2D eigenvalue weighted by molar-refractivity contribution is -0.121. The highest BCUT2D eigenvalue weighted by molar-refractivity contribution is 5.98. The van der Waals surface area contributed by atoms with Crippen LogP contribution in [-0.4, -0.2) is 47.1 Å². The molecule has 0 unspecified atom stereocenters. The molecule has 0 aliphatic rings. The van der Waals surface area contributed by atoms with E-state index >= 15 is 0 Å². The van der Waals surface area contributed by atoms with Gasteiger partial charge in [-0.15, -0.1) is 0 Å². The van der Waals surface area contributed by atoms with Crippen LogP contribution < -0.4 is 5.32 Å². The lowest BCUT2D eigenvalue weighted by Gasteiger charge is -2.21. The van der Waals surface area contributed by atoms with Crippen molar-refractivity contribution in [3.63, 3.8) is 0 Å². The molecule has 0 saturated heterocycles. The number of carbonyl (C=O) groups excluding carboxylic acids is 2. The van der Waals surface area contributed by atoms with Gasteiger partial charge in [0.15, 0.2) is 0 Å². The average molecular weight is 266 g/mol. The number of carbonyl (C=O) groups is 2. The summed E-state index contributed by atoms with van der Waals surface area (Å²) >= 11 is 0. The zero-order valence-electron chi connectivity index (χ0n) is 11.0. The molecule has 6 heteroatoms. The zero-order chi connectivity index (χ0) is 14.4. The molecule has 3 N–H and O–H groups in total. The molecule has 6 nitrogen and oxygen atoms in total. The molecule has 0 aromatic heterocycles. The van der Waals surface area contributed by atoms with Gasteiger partial charge in [-0.1, -0.05) is 6.92 Å². The van der Waals surface area contributed by atoms with E-state index in [0.29, 0.717) is 13.0 Å². The molecule has 0 heterocycles. The predicted octanol–water partition coefficient (Wildman–Crippen LogP) is 0.696. The third-order valence-electron chi connectivity index (χ3n) is 2.61. The maximum absolute atomic E-state index is 12.2. The Bertz CT molecular complexity index is 474. The first-order chi connectivity index (χ1) is 8.99. The number of nitrogens with zero attached hydrogens (tertiary/aromatic N) is 1. The average Bonchev–Trinajstić information content (AvgIpc) is 2.37. The number of amides is 2. The Hall–Kier alpha value is -2.24. The molecule has 104 valence electrons. The van der Waals surface area contributed by atoms with Crippen molar-refractivity contribution in [1.82, 2.24) is 10.2 Å². The molecule has 0 radical (unpaired) electrons. The van der Waals surface area contributed by atoms with Crippen LogP contribution in [0.25, 0.3) is 0 Å². The molecule has 19 heavy (non-hydrogen) atoms. The molecule has 0 spiro atoms. The first-order valence-corrected chi connectivity index (χ1v) is 6.01. The molecular formula is C13H18N2O4. The van der Waals surface area contributed by atoms with Gasteiger partial charge in [-0.25, -0.2) is 0 Å². The van der Waals surface area contributed by atoms with Gasteiger partial charge in [-0.05, 0) is 18.6 Å². The van der Waals surface area contributed by atoms with Crippen LogP contribution in [-0.2, 0) is 4.79 Å². The van der Waals surface area contributed by atoms with E-state index in [0.717, 1.165) is 6.07 Å². The number of likely N-dealkylation sites (N-methyl/N-ethyl adjacent to an activating group) is 1. The van der Waals surface area contributed by atoms with E-state index in [9.17, 15) is 19.8 Å². The minimum Gasteiger partial charge on any atom is -0.508 e. The SMILES string of the molecule is CCCN(CC(=O)NC)C(=O)c1ccc(O)cc1O. The van der Waals surface area contributed by atoms with E-state index in [1.54, 1.807) is 0 Å². The summed E-state index contributed by atoms with van der Waals surface area (Å²) in [6.45, 7) is 2.23. The first-order valence-electron chi connectivity index (χ1n) is 6.01. The van der Waals surface area contributed by atoms with Crippen molar-refractivity contribution in [2.45, 2.75) is 13.3 Å². The second-order valence-corrected chi connectivity index (χ2v) is 4.10. The van der Waals surface area contributed by atoms with Crippen molar-refractivity contribution >= 4 is 11.8 Å². The Labute approximate surface area is 111 Å². The van der Waals surface area contributed by atoms with Crippen molar-refractivity contribution < 1.29 is 19.8 Å². The quantitative estimate of drug-likeness (QED) is 0.731. The molecule has 1 aromatic rings. The summed E-state index contributed by atoms with van der Waals surface area (Å²) in [5.74, 6) is -1.14. The smallest absolute Gasteiger partial charge is 0.258 e. The van der Waals surface area contributed by atoms with Crippen LogP contribution in [0.1, 0.15) is 23.7 Å². The highest BCUT2D eigenvalue weighted by Gasteiger charge is 2.20. The van der Waals surface area contributed by atoms with Gasteiger partial charge < -0.3 is 20.4 Å². The summed E-state index contributed by atoms with van der Waals surface area (Å²) in [4.78, 5) is 24.9. The molecular weight excluding hydrogens is 248 g/mol. The number of hydrogen-bond acceptors (Lipinski definition) is 4. The normalized spacial score (nSPS) is 10.0. The largest absolute Gasteiger partial charge is 0.508 e. The minimum absolute atomic E-state index is 0.0650. The molecule has 0 atom stereocenters.